The second kappa shape index (κ2) is 5.93. The number of rotatable bonds is 5. The minimum absolute atomic E-state index is 0.408. The minimum atomic E-state index is -0.408. The highest BCUT2D eigenvalue weighted by molar-refractivity contribution is 9.10. The second-order valence-electron chi connectivity index (χ2n) is 3.43. The Kier molecular flexibility index (Phi) is 4.55. The van der Waals surface area contributed by atoms with Gasteiger partial charge in [0.05, 0.1) is 6.10 Å². The summed E-state index contributed by atoms with van der Waals surface area (Å²) >= 11 is 6.74. The Balaban J connectivity index is 1.76. The van der Waals surface area contributed by atoms with E-state index in [2.05, 4.69) is 32.7 Å². The largest absolute Gasteiger partial charge is 0.387 e. The summed E-state index contributed by atoms with van der Waals surface area (Å²) in [6.07, 6.45) is -0.408. The third-order valence-corrected chi connectivity index (χ3v) is 4.59. The molecule has 1 atom stereocenters. The van der Waals surface area contributed by atoms with E-state index in [1.807, 2.05) is 16.8 Å². The Morgan fingerprint density at radius 1 is 1.44 bits per heavy atom. The first kappa shape index (κ1) is 12.3. The van der Waals surface area contributed by atoms with Gasteiger partial charge in [-0.1, -0.05) is 0 Å². The predicted octanol–water partition coefficient (Wildman–Crippen LogP) is 3.40. The fourth-order valence-electron chi connectivity index (χ4n) is 1.36. The first-order valence-electron chi connectivity index (χ1n) is 4.89. The van der Waals surface area contributed by atoms with Crippen LogP contribution in [-0.2, 0) is 6.54 Å². The summed E-state index contributed by atoms with van der Waals surface area (Å²) in [6.45, 7) is 1.39. The molecular weight excluding hydrogens is 306 g/mol. The molecule has 2 aromatic rings. The Morgan fingerprint density at radius 3 is 2.94 bits per heavy atom. The second-order valence-corrected chi connectivity index (χ2v) is 6.13. The predicted molar refractivity (Wildman–Crippen MR) is 73.0 cm³/mol. The minimum Gasteiger partial charge on any atom is -0.387 e. The molecule has 0 fully saturated rings. The van der Waals surface area contributed by atoms with Gasteiger partial charge in [0.1, 0.15) is 0 Å². The highest BCUT2D eigenvalue weighted by Gasteiger charge is 2.07. The van der Waals surface area contributed by atoms with Gasteiger partial charge in [0.15, 0.2) is 0 Å². The summed E-state index contributed by atoms with van der Waals surface area (Å²) in [5.74, 6) is 0. The SMILES string of the molecule is OC(CNCc1cc(Br)cs1)c1ccsc1. The third kappa shape index (κ3) is 3.40. The molecule has 1 unspecified atom stereocenters. The van der Waals surface area contributed by atoms with Gasteiger partial charge in [0.25, 0.3) is 0 Å². The molecular formula is C11H12BrNOS2. The van der Waals surface area contributed by atoms with Crippen molar-refractivity contribution in [3.05, 3.63) is 43.2 Å². The van der Waals surface area contributed by atoms with Crippen molar-refractivity contribution in [1.82, 2.24) is 5.32 Å². The molecule has 2 N–H and O–H groups in total. The number of aliphatic hydroxyl groups excluding tert-OH is 1. The molecule has 0 radical (unpaired) electrons. The van der Waals surface area contributed by atoms with Crippen LogP contribution >= 0.6 is 38.6 Å². The third-order valence-electron chi connectivity index (χ3n) is 2.19. The Morgan fingerprint density at radius 2 is 2.31 bits per heavy atom. The maximum atomic E-state index is 9.83. The van der Waals surface area contributed by atoms with Crippen LogP contribution in [0.15, 0.2) is 32.7 Å². The fraction of sp³-hybridized carbons (Fsp3) is 0.273. The van der Waals surface area contributed by atoms with Crippen LogP contribution in [0.1, 0.15) is 16.5 Å². The van der Waals surface area contributed by atoms with Crippen LogP contribution in [-0.4, -0.2) is 11.7 Å². The topological polar surface area (TPSA) is 32.3 Å². The summed E-state index contributed by atoms with van der Waals surface area (Å²) in [7, 11) is 0. The molecule has 0 amide bonds. The van der Waals surface area contributed by atoms with Crippen LogP contribution < -0.4 is 5.32 Å². The zero-order valence-corrected chi connectivity index (χ0v) is 11.7. The van der Waals surface area contributed by atoms with Crippen molar-refractivity contribution >= 4 is 38.6 Å². The molecule has 2 heterocycles. The molecule has 2 nitrogen and oxygen atoms in total. The van der Waals surface area contributed by atoms with Crippen LogP contribution in [0.25, 0.3) is 0 Å². The van der Waals surface area contributed by atoms with Gasteiger partial charge in [-0.3, -0.25) is 0 Å². The van der Waals surface area contributed by atoms with Crippen molar-refractivity contribution in [3.8, 4) is 0 Å². The van der Waals surface area contributed by atoms with E-state index in [0.29, 0.717) is 6.54 Å². The van der Waals surface area contributed by atoms with Crippen LogP contribution in [0, 0.1) is 0 Å². The molecule has 0 aliphatic rings. The first-order chi connectivity index (χ1) is 7.75. The van der Waals surface area contributed by atoms with Crippen molar-refractivity contribution in [1.29, 1.82) is 0 Å². The van der Waals surface area contributed by atoms with Gasteiger partial charge >= 0.3 is 0 Å². The number of nitrogens with one attached hydrogen (secondary N) is 1. The standard InChI is InChI=1S/C11H12BrNOS2/c12-9-3-10(16-7-9)4-13-5-11(14)8-1-2-15-6-8/h1-3,6-7,11,13-14H,4-5H2. The molecule has 0 aliphatic heterocycles. The highest BCUT2D eigenvalue weighted by atomic mass is 79.9. The van der Waals surface area contributed by atoms with Gasteiger partial charge in [-0.2, -0.15) is 11.3 Å². The van der Waals surface area contributed by atoms with Crippen molar-refractivity contribution in [2.45, 2.75) is 12.6 Å². The Hall–Kier alpha value is -0.200. The van der Waals surface area contributed by atoms with E-state index in [-0.39, 0.29) is 0 Å². The lowest BCUT2D eigenvalue weighted by molar-refractivity contribution is 0.175. The van der Waals surface area contributed by atoms with Crippen molar-refractivity contribution in [3.63, 3.8) is 0 Å². The quantitative estimate of drug-likeness (QED) is 0.886. The van der Waals surface area contributed by atoms with Crippen LogP contribution in [0.2, 0.25) is 0 Å². The van der Waals surface area contributed by atoms with E-state index in [1.165, 1.54) is 4.88 Å². The van der Waals surface area contributed by atoms with Crippen molar-refractivity contribution in [2.75, 3.05) is 6.54 Å². The molecule has 0 bridgehead atoms. The van der Waals surface area contributed by atoms with Crippen LogP contribution in [0.5, 0.6) is 0 Å². The average molecular weight is 318 g/mol. The molecule has 0 aliphatic carbocycles. The molecule has 5 heteroatoms. The molecule has 2 rings (SSSR count). The van der Waals surface area contributed by atoms with Crippen molar-refractivity contribution in [2.24, 2.45) is 0 Å². The first-order valence-corrected chi connectivity index (χ1v) is 7.51. The van der Waals surface area contributed by atoms with E-state index in [1.54, 1.807) is 22.7 Å². The maximum absolute atomic E-state index is 9.83. The number of halogens is 1. The fourth-order valence-corrected chi connectivity index (χ4v) is 3.49. The van der Waals surface area contributed by atoms with E-state index in [4.69, 9.17) is 0 Å². The molecule has 16 heavy (non-hydrogen) atoms. The van der Waals surface area contributed by atoms with Gasteiger partial charge in [0.2, 0.25) is 0 Å². The zero-order valence-electron chi connectivity index (χ0n) is 8.52. The Labute approximate surface area is 111 Å². The maximum Gasteiger partial charge on any atom is 0.0922 e. The smallest absolute Gasteiger partial charge is 0.0922 e. The number of thiophene rings is 2. The lowest BCUT2D eigenvalue weighted by Gasteiger charge is -2.09. The van der Waals surface area contributed by atoms with Gasteiger partial charge in [-0.15, -0.1) is 11.3 Å². The average Bonchev–Trinajstić information content (AvgIpc) is 2.89. The zero-order chi connectivity index (χ0) is 11.4. The van der Waals surface area contributed by atoms with Gasteiger partial charge in [-0.25, -0.2) is 0 Å². The van der Waals surface area contributed by atoms with Crippen LogP contribution in [0.4, 0.5) is 0 Å². The van der Waals surface area contributed by atoms with Gasteiger partial charge in [0, 0.05) is 27.8 Å². The number of aliphatic hydroxyl groups is 1. The lowest BCUT2D eigenvalue weighted by atomic mass is 10.2. The van der Waals surface area contributed by atoms with Crippen LogP contribution in [0.3, 0.4) is 0 Å². The molecule has 0 saturated heterocycles. The van der Waals surface area contributed by atoms with E-state index in [9.17, 15) is 5.11 Å². The molecule has 86 valence electrons. The highest BCUT2D eigenvalue weighted by Crippen LogP contribution is 2.20. The van der Waals surface area contributed by atoms with Gasteiger partial charge < -0.3 is 10.4 Å². The molecule has 2 aromatic heterocycles. The normalized spacial score (nSPS) is 12.9. The summed E-state index contributed by atoms with van der Waals surface area (Å²) in [5.41, 5.74) is 0.991. The van der Waals surface area contributed by atoms with E-state index in [0.717, 1.165) is 16.6 Å². The summed E-state index contributed by atoms with van der Waals surface area (Å²) < 4.78 is 1.12. The summed E-state index contributed by atoms with van der Waals surface area (Å²) in [5, 5.41) is 19.1. The molecule has 0 aromatic carbocycles. The summed E-state index contributed by atoms with van der Waals surface area (Å²) in [6, 6.07) is 4.05. The van der Waals surface area contributed by atoms with Gasteiger partial charge in [-0.05, 0) is 44.4 Å². The van der Waals surface area contributed by atoms with Crippen molar-refractivity contribution < 1.29 is 5.11 Å². The van der Waals surface area contributed by atoms with E-state index >= 15 is 0 Å². The lowest BCUT2D eigenvalue weighted by Crippen LogP contribution is -2.20. The number of hydrogen-bond acceptors (Lipinski definition) is 4. The Bertz CT molecular complexity index is 427. The molecule has 0 spiro atoms. The monoisotopic (exact) mass is 317 g/mol. The summed E-state index contributed by atoms with van der Waals surface area (Å²) in [4.78, 5) is 1.27. The molecule has 0 saturated carbocycles. The number of hydrogen-bond donors (Lipinski definition) is 2. The van der Waals surface area contributed by atoms with E-state index < -0.39 is 6.10 Å².